The van der Waals surface area contributed by atoms with Gasteiger partial charge in [-0.3, -0.25) is 0 Å². The number of aromatic nitrogens is 1. The van der Waals surface area contributed by atoms with Crippen molar-refractivity contribution in [2.75, 3.05) is 30.8 Å². The van der Waals surface area contributed by atoms with Gasteiger partial charge in [-0.25, -0.2) is 4.98 Å². The van der Waals surface area contributed by atoms with Gasteiger partial charge < -0.3 is 15.4 Å². The van der Waals surface area contributed by atoms with Gasteiger partial charge in [0.15, 0.2) is 0 Å². The quantitative estimate of drug-likeness (QED) is 0.860. The van der Waals surface area contributed by atoms with Gasteiger partial charge in [0.25, 0.3) is 0 Å². The highest BCUT2D eigenvalue weighted by molar-refractivity contribution is 6.33. The molecule has 0 aromatic carbocycles. The van der Waals surface area contributed by atoms with Crippen LogP contribution in [0.3, 0.4) is 0 Å². The zero-order valence-corrected chi connectivity index (χ0v) is 10.1. The van der Waals surface area contributed by atoms with E-state index in [9.17, 15) is 0 Å². The molecule has 2 rings (SSSR count). The van der Waals surface area contributed by atoms with E-state index < -0.39 is 0 Å². The van der Waals surface area contributed by atoms with Crippen molar-refractivity contribution in [1.82, 2.24) is 4.98 Å². The molecule has 1 aliphatic rings. The van der Waals surface area contributed by atoms with Crippen LogP contribution in [0.4, 0.5) is 11.5 Å². The lowest BCUT2D eigenvalue weighted by atomic mass is 10.1. The van der Waals surface area contributed by atoms with Crippen LogP contribution >= 0.6 is 11.6 Å². The molecule has 16 heavy (non-hydrogen) atoms. The number of rotatable bonds is 2. The van der Waals surface area contributed by atoms with Crippen molar-refractivity contribution in [2.24, 2.45) is 0 Å². The SMILES string of the molecule is CO[C@H]1CCCN(c2ncc(N)cc2Cl)C1. The maximum atomic E-state index is 6.13. The van der Waals surface area contributed by atoms with E-state index in [0.29, 0.717) is 10.7 Å². The first-order chi connectivity index (χ1) is 7.70. The van der Waals surface area contributed by atoms with E-state index in [-0.39, 0.29) is 6.10 Å². The molecule has 0 amide bonds. The Bertz CT molecular complexity index is 372. The van der Waals surface area contributed by atoms with E-state index in [1.54, 1.807) is 19.4 Å². The molecule has 0 bridgehead atoms. The third kappa shape index (κ3) is 2.39. The molecule has 4 nitrogen and oxygen atoms in total. The fourth-order valence-corrected chi connectivity index (χ4v) is 2.30. The Kier molecular flexibility index (Phi) is 3.51. The number of nitrogens with zero attached hydrogens (tertiary/aromatic N) is 2. The van der Waals surface area contributed by atoms with E-state index >= 15 is 0 Å². The second-order valence-electron chi connectivity index (χ2n) is 4.02. The first-order valence-corrected chi connectivity index (χ1v) is 5.77. The van der Waals surface area contributed by atoms with Crippen molar-refractivity contribution in [2.45, 2.75) is 18.9 Å². The molecule has 1 aliphatic heterocycles. The van der Waals surface area contributed by atoms with Gasteiger partial charge in [0.05, 0.1) is 23.0 Å². The fraction of sp³-hybridized carbons (Fsp3) is 0.545. The van der Waals surface area contributed by atoms with Crippen LogP contribution in [0.15, 0.2) is 12.3 Å². The summed E-state index contributed by atoms with van der Waals surface area (Å²) in [6, 6.07) is 1.74. The Labute approximate surface area is 100 Å². The summed E-state index contributed by atoms with van der Waals surface area (Å²) in [5.74, 6) is 0.803. The average molecular weight is 242 g/mol. The molecule has 5 heteroatoms. The monoisotopic (exact) mass is 241 g/mol. The molecule has 1 saturated heterocycles. The highest BCUT2D eigenvalue weighted by Gasteiger charge is 2.22. The molecule has 0 spiro atoms. The second-order valence-corrected chi connectivity index (χ2v) is 4.43. The number of pyridine rings is 1. The number of nitrogen functional groups attached to an aromatic ring is 1. The fourth-order valence-electron chi connectivity index (χ4n) is 2.00. The van der Waals surface area contributed by atoms with Crippen LogP contribution in [-0.4, -0.2) is 31.3 Å². The van der Waals surface area contributed by atoms with Crippen molar-refractivity contribution >= 4 is 23.1 Å². The number of hydrogen-bond donors (Lipinski definition) is 1. The molecule has 1 fully saturated rings. The van der Waals surface area contributed by atoms with Gasteiger partial charge >= 0.3 is 0 Å². The highest BCUT2D eigenvalue weighted by atomic mass is 35.5. The smallest absolute Gasteiger partial charge is 0.147 e. The van der Waals surface area contributed by atoms with Gasteiger partial charge in [0.2, 0.25) is 0 Å². The minimum Gasteiger partial charge on any atom is -0.397 e. The molecule has 2 N–H and O–H groups in total. The Morgan fingerprint density at radius 1 is 1.62 bits per heavy atom. The molecule has 1 aromatic heterocycles. The summed E-state index contributed by atoms with van der Waals surface area (Å²) < 4.78 is 5.37. The van der Waals surface area contributed by atoms with Crippen LogP contribution in [0.5, 0.6) is 0 Å². The highest BCUT2D eigenvalue weighted by Crippen LogP contribution is 2.27. The van der Waals surface area contributed by atoms with Crippen LogP contribution < -0.4 is 10.6 Å². The molecule has 0 radical (unpaired) electrons. The lowest BCUT2D eigenvalue weighted by Crippen LogP contribution is -2.39. The normalized spacial score (nSPS) is 21.1. The van der Waals surface area contributed by atoms with Crippen molar-refractivity contribution < 1.29 is 4.74 Å². The Morgan fingerprint density at radius 3 is 3.12 bits per heavy atom. The number of piperidine rings is 1. The second kappa shape index (κ2) is 4.89. The van der Waals surface area contributed by atoms with Gasteiger partial charge in [0.1, 0.15) is 5.82 Å². The van der Waals surface area contributed by atoms with Crippen LogP contribution in [0.2, 0.25) is 5.02 Å². The number of methoxy groups -OCH3 is 1. The van der Waals surface area contributed by atoms with Crippen LogP contribution in [0.25, 0.3) is 0 Å². The average Bonchev–Trinajstić information content (AvgIpc) is 2.29. The zero-order valence-electron chi connectivity index (χ0n) is 9.32. The van der Waals surface area contributed by atoms with Gasteiger partial charge in [-0.05, 0) is 18.9 Å². The number of halogens is 1. The van der Waals surface area contributed by atoms with E-state index in [1.165, 1.54) is 0 Å². The Morgan fingerprint density at radius 2 is 2.44 bits per heavy atom. The van der Waals surface area contributed by atoms with Gasteiger partial charge in [-0.15, -0.1) is 0 Å². The van der Waals surface area contributed by atoms with E-state index in [1.807, 2.05) is 0 Å². The molecule has 0 aliphatic carbocycles. The first kappa shape index (κ1) is 11.5. The maximum absolute atomic E-state index is 6.13. The zero-order chi connectivity index (χ0) is 11.5. The Balaban J connectivity index is 2.16. The molecule has 2 heterocycles. The van der Waals surface area contributed by atoms with Gasteiger partial charge in [-0.2, -0.15) is 0 Å². The van der Waals surface area contributed by atoms with E-state index in [0.717, 1.165) is 31.7 Å². The van der Waals surface area contributed by atoms with Crippen molar-refractivity contribution in [3.63, 3.8) is 0 Å². The van der Waals surface area contributed by atoms with E-state index in [4.69, 9.17) is 22.1 Å². The third-order valence-electron chi connectivity index (χ3n) is 2.85. The van der Waals surface area contributed by atoms with Crippen molar-refractivity contribution in [1.29, 1.82) is 0 Å². The van der Waals surface area contributed by atoms with Crippen LogP contribution in [0.1, 0.15) is 12.8 Å². The predicted octanol–water partition coefficient (Wildman–Crippen LogP) is 1.93. The largest absolute Gasteiger partial charge is 0.397 e. The van der Waals surface area contributed by atoms with Crippen molar-refractivity contribution in [3.8, 4) is 0 Å². The molecular weight excluding hydrogens is 226 g/mol. The first-order valence-electron chi connectivity index (χ1n) is 5.39. The molecule has 1 aromatic rings. The maximum Gasteiger partial charge on any atom is 0.147 e. The summed E-state index contributed by atoms with van der Waals surface area (Å²) in [4.78, 5) is 6.44. The summed E-state index contributed by atoms with van der Waals surface area (Å²) in [6.45, 7) is 1.81. The van der Waals surface area contributed by atoms with Crippen LogP contribution in [-0.2, 0) is 4.74 Å². The Hall–Kier alpha value is -1.00. The van der Waals surface area contributed by atoms with Crippen LogP contribution in [0, 0.1) is 0 Å². The lowest BCUT2D eigenvalue weighted by Gasteiger charge is -2.33. The summed E-state index contributed by atoms with van der Waals surface area (Å²) in [7, 11) is 1.74. The standard InChI is InChI=1S/C11H16ClN3O/c1-16-9-3-2-4-15(7-9)11-10(12)5-8(13)6-14-11/h5-6,9H,2-4,7,13H2,1H3/t9-/m0/s1. The van der Waals surface area contributed by atoms with Gasteiger partial charge in [-0.1, -0.05) is 11.6 Å². The minimum absolute atomic E-state index is 0.268. The summed E-state index contributed by atoms with van der Waals surface area (Å²) in [5.41, 5.74) is 6.21. The lowest BCUT2D eigenvalue weighted by molar-refractivity contribution is 0.0891. The van der Waals surface area contributed by atoms with E-state index in [2.05, 4.69) is 9.88 Å². The molecular formula is C11H16ClN3O. The van der Waals surface area contributed by atoms with Crippen molar-refractivity contribution in [3.05, 3.63) is 17.3 Å². The molecule has 0 saturated carbocycles. The number of hydrogen-bond acceptors (Lipinski definition) is 4. The van der Waals surface area contributed by atoms with Gasteiger partial charge in [0, 0.05) is 20.2 Å². The predicted molar refractivity (Wildman–Crippen MR) is 65.9 cm³/mol. The third-order valence-corrected chi connectivity index (χ3v) is 3.13. The minimum atomic E-state index is 0.268. The molecule has 88 valence electrons. The summed E-state index contributed by atoms with van der Waals surface area (Å²) >= 11 is 6.13. The molecule has 0 unspecified atom stereocenters. The number of anilines is 2. The molecule has 1 atom stereocenters. The summed E-state index contributed by atoms with van der Waals surface area (Å²) in [6.07, 6.45) is 4.10. The number of nitrogens with two attached hydrogens (primary N) is 1. The topological polar surface area (TPSA) is 51.4 Å². The summed E-state index contributed by atoms with van der Waals surface area (Å²) in [5, 5.41) is 0.608. The number of ether oxygens (including phenoxy) is 1.